The van der Waals surface area contributed by atoms with E-state index in [-0.39, 0.29) is 6.61 Å². The van der Waals surface area contributed by atoms with E-state index in [0.29, 0.717) is 0 Å². The molecule has 1 aromatic carbocycles. The summed E-state index contributed by atoms with van der Waals surface area (Å²) in [6, 6.07) is 11.9. The molecule has 0 atom stereocenters. The van der Waals surface area contributed by atoms with Crippen molar-refractivity contribution < 1.29 is 5.11 Å². The molecule has 2 nitrogen and oxygen atoms in total. The molecule has 0 radical (unpaired) electrons. The molecule has 2 rings (SSSR count). The summed E-state index contributed by atoms with van der Waals surface area (Å²) in [5.74, 6) is 0. The highest BCUT2D eigenvalue weighted by Crippen LogP contribution is 2.07. The summed E-state index contributed by atoms with van der Waals surface area (Å²) in [6.07, 6.45) is 8.25. The van der Waals surface area contributed by atoms with E-state index in [1.54, 1.807) is 0 Å². The van der Waals surface area contributed by atoms with Crippen molar-refractivity contribution in [3.63, 3.8) is 0 Å². The fourth-order valence-corrected chi connectivity index (χ4v) is 1.60. The average molecular weight is 213 g/mol. The summed E-state index contributed by atoms with van der Waals surface area (Å²) in [5, 5.41) is 9.01. The number of aromatic nitrogens is 1. The summed E-state index contributed by atoms with van der Waals surface area (Å²) in [6.45, 7) is 0.968. The molecule has 0 amide bonds. The maximum atomic E-state index is 9.01. The largest absolute Gasteiger partial charge is 0.392 e. The highest BCUT2D eigenvalue weighted by molar-refractivity contribution is 5.50. The van der Waals surface area contributed by atoms with Crippen LogP contribution in [-0.2, 0) is 13.2 Å². The second-order valence-electron chi connectivity index (χ2n) is 3.69. The minimum Gasteiger partial charge on any atom is -0.392 e. The van der Waals surface area contributed by atoms with Crippen molar-refractivity contribution in [2.75, 3.05) is 0 Å². The Morgan fingerprint density at radius 1 is 1.12 bits per heavy atom. The molecule has 1 heterocycles. The number of rotatable bonds is 4. The lowest BCUT2D eigenvalue weighted by Crippen LogP contribution is -1.89. The van der Waals surface area contributed by atoms with Gasteiger partial charge in [0.1, 0.15) is 0 Å². The Bertz CT molecular complexity index is 457. The molecule has 0 aliphatic carbocycles. The molecule has 82 valence electrons. The van der Waals surface area contributed by atoms with Crippen LogP contribution in [0.2, 0.25) is 0 Å². The molecule has 0 saturated carbocycles. The predicted octanol–water partition coefficient (Wildman–Crippen LogP) is 2.69. The molecular formula is C14H15NO. The highest BCUT2D eigenvalue weighted by atomic mass is 16.3. The zero-order valence-electron chi connectivity index (χ0n) is 9.08. The van der Waals surface area contributed by atoms with Crippen LogP contribution < -0.4 is 0 Å². The van der Waals surface area contributed by atoms with Gasteiger partial charge in [-0.2, -0.15) is 0 Å². The van der Waals surface area contributed by atoms with Crippen LogP contribution in [0.5, 0.6) is 0 Å². The van der Waals surface area contributed by atoms with Gasteiger partial charge in [0, 0.05) is 18.9 Å². The first-order valence-electron chi connectivity index (χ1n) is 5.35. The number of allylic oxidation sites excluding steroid dienone is 1. The third kappa shape index (κ3) is 2.84. The van der Waals surface area contributed by atoms with E-state index in [0.717, 1.165) is 17.7 Å². The second-order valence-corrected chi connectivity index (χ2v) is 3.69. The maximum absolute atomic E-state index is 9.01. The third-order valence-electron chi connectivity index (χ3n) is 2.43. The second kappa shape index (κ2) is 5.33. The predicted molar refractivity (Wildman–Crippen MR) is 65.8 cm³/mol. The van der Waals surface area contributed by atoms with Crippen molar-refractivity contribution in [1.82, 2.24) is 4.57 Å². The number of benzene rings is 1. The Labute approximate surface area is 95.5 Å². The van der Waals surface area contributed by atoms with E-state index in [1.165, 1.54) is 0 Å². The van der Waals surface area contributed by atoms with E-state index in [1.807, 2.05) is 48.8 Å². The Morgan fingerprint density at radius 2 is 1.94 bits per heavy atom. The number of aliphatic hydroxyl groups is 1. The molecule has 0 fully saturated rings. The fourth-order valence-electron chi connectivity index (χ4n) is 1.60. The molecule has 0 bridgehead atoms. The molecule has 2 heteroatoms. The number of nitrogens with zero attached hydrogens (tertiary/aromatic N) is 1. The molecule has 1 aromatic heterocycles. The SMILES string of the molecule is OCc1cccc(/C=C/Cn2cccc2)c1. The Hall–Kier alpha value is -1.80. The van der Waals surface area contributed by atoms with Gasteiger partial charge in [0.25, 0.3) is 0 Å². The monoisotopic (exact) mass is 213 g/mol. The van der Waals surface area contributed by atoms with Crippen LogP contribution >= 0.6 is 0 Å². The van der Waals surface area contributed by atoms with E-state index >= 15 is 0 Å². The highest BCUT2D eigenvalue weighted by Gasteiger charge is 1.90. The molecule has 0 unspecified atom stereocenters. The van der Waals surface area contributed by atoms with Crippen molar-refractivity contribution >= 4 is 6.08 Å². The van der Waals surface area contributed by atoms with Gasteiger partial charge < -0.3 is 9.67 Å². The van der Waals surface area contributed by atoms with Gasteiger partial charge in [0.15, 0.2) is 0 Å². The molecule has 1 N–H and O–H groups in total. The van der Waals surface area contributed by atoms with Crippen molar-refractivity contribution in [2.24, 2.45) is 0 Å². The van der Waals surface area contributed by atoms with Crippen molar-refractivity contribution in [2.45, 2.75) is 13.2 Å². The first kappa shape index (κ1) is 10.7. The van der Waals surface area contributed by atoms with Gasteiger partial charge in [0.2, 0.25) is 0 Å². The molecule has 2 aromatic rings. The molecule has 0 saturated heterocycles. The van der Waals surface area contributed by atoms with Crippen molar-refractivity contribution in [1.29, 1.82) is 0 Å². The van der Waals surface area contributed by atoms with E-state index in [4.69, 9.17) is 5.11 Å². The van der Waals surface area contributed by atoms with Crippen LogP contribution in [0, 0.1) is 0 Å². The van der Waals surface area contributed by atoms with Crippen LogP contribution in [0.15, 0.2) is 54.9 Å². The van der Waals surface area contributed by atoms with E-state index < -0.39 is 0 Å². The van der Waals surface area contributed by atoms with Crippen LogP contribution in [0.25, 0.3) is 6.08 Å². The van der Waals surface area contributed by atoms with Gasteiger partial charge in [-0.3, -0.25) is 0 Å². The zero-order valence-corrected chi connectivity index (χ0v) is 9.08. The Balaban J connectivity index is 2.00. The van der Waals surface area contributed by atoms with Gasteiger partial charge in [0.05, 0.1) is 6.61 Å². The van der Waals surface area contributed by atoms with E-state index in [2.05, 4.69) is 16.7 Å². The Morgan fingerprint density at radius 3 is 2.69 bits per heavy atom. The van der Waals surface area contributed by atoms with Crippen LogP contribution in [-0.4, -0.2) is 9.67 Å². The fraction of sp³-hybridized carbons (Fsp3) is 0.143. The maximum Gasteiger partial charge on any atom is 0.0682 e. The van der Waals surface area contributed by atoms with E-state index in [9.17, 15) is 0 Å². The lowest BCUT2D eigenvalue weighted by Gasteiger charge is -1.99. The number of hydrogen-bond donors (Lipinski definition) is 1. The lowest BCUT2D eigenvalue weighted by atomic mass is 10.1. The molecule has 0 aliphatic rings. The molecule has 16 heavy (non-hydrogen) atoms. The van der Waals surface area contributed by atoms with Gasteiger partial charge in [-0.25, -0.2) is 0 Å². The minimum absolute atomic E-state index is 0.0965. The quantitative estimate of drug-likeness (QED) is 0.830. The minimum atomic E-state index is 0.0965. The zero-order chi connectivity index (χ0) is 11.2. The third-order valence-corrected chi connectivity index (χ3v) is 2.43. The lowest BCUT2D eigenvalue weighted by molar-refractivity contribution is 0.282. The van der Waals surface area contributed by atoms with Crippen LogP contribution in [0.3, 0.4) is 0 Å². The molecular weight excluding hydrogens is 198 g/mol. The summed E-state index contributed by atoms with van der Waals surface area (Å²) < 4.78 is 2.10. The first-order valence-corrected chi connectivity index (χ1v) is 5.35. The number of hydrogen-bond acceptors (Lipinski definition) is 1. The van der Waals surface area contributed by atoms with Crippen molar-refractivity contribution in [3.8, 4) is 0 Å². The van der Waals surface area contributed by atoms with Crippen LogP contribution in [0.4, 0.5) is 0 Å². The first-order chi connectivity index (χ1) is 7.88. The topological polar surface area (TPSA) is 25.2 Å². The van der Waals surface area contributed by atoms with Gasteiger partial charge >= 0.3 is 0 Å². The average Bonchev–Trinajstić information content (AvgIpc) is 2.82. The Kier molecular flexibility index (Phi) is 3.57. The summed E-state index contributed by atoms with van der Waals surface area (Å²) in [5.41, 5.74) is 2.07. The van der Waals surface area contributed by atoms with Gasteiger partial charge in [-0.15, -0.1) is 0 Å². The normalized spacial score (nSPS) is 11.1. The molecule has 0 spiro atoms. The number of aliphatic hydroxyl groups excluding tert-OH is 1. The standard InChI is InChI=1S/C14H15NO/c16-12-14-6-3-5-13(11-14)7-4-10-15-8-1-2-9-15/h1-9,11,16H,10,12H2/b7-4+. The van der Waals surface area contributed by atoms with Crippen LogP contribution in [0.1, 0.15) is 11.1 Å². The smallest absolute Gasteiger partial charge is 0.0682 e. The van der Waals surface area contributed by atoms with Crippen molar-refractivity contribution in [3.05, 3.63) is 66.0 Å². The summed E-state index contributed by atoms with van der Waals surface area (Å²) in [4.78, 5) is 0. The van der Waals surface area contributed by atoms with Gasteiger partial charge in [-0.05, 0) is 29.3 Å². The summed E-state index contributed by atoms with van der Waals surface area (Å²) in [7, 11) is 0. The van der Waals surface area contributed by atoms with Gasteiger partial charge in [-0.1, -0.05) is 30.4 Å². The molecule has 0 aliphatic heterocycles. The summed E-state index contributed by atoms with van der Waals surface area (Å²) >= 11 is 0.